The number of carbonyl (C=O) groups is 1. The first-order chi connectivity index (χ1) is 15.6. The standard InChI is InChI=1S/C27H26F2N2O/c28-24-10-3-8-21(16-24)27(22-9-4-11-25(29)17-22)18-23(27)12-13-26(32)31-15-2-1-6-20-7-5-14-30-19-20/h3-5,7-14,16-17,19,23H,1-2,6,15,18H2,(H,31,32)/t23-/m0/s1. The van der Waals surface area contributed by atoms with Crippen molar-refractivity contribution in [3.63, 3.8) is 0 Å². The van der Waals surface area contributed by atoms with E-state index < -0.39 is 5.41 Å². The molecule has 1 aromatic heterocycles. The predicted octanol–water partition coefficient (Wildman–Crippen LogP) is 5.36. The van der Waals surface area contributed by atoms with Gasteiger partial charge in [-0.25, -0.2) is 8.78 Å². The van der Waals surface area contributed by atoms with E-state index in [-0.39, 0.29) is 23.5 Å². The maximum absolute atomic E-state index is 13.9. The Bertz CT molecular complexity index is 1050. The van der Waals surface area contributed by atoms with Crippen LogP contribution in [0.4, 0.5) is 8.78 Å². The van der Waals surface area contributed by atoms with Crippen LogP contribution in [0.3, 0.4) is 0 Å². The third-order valence-electron chi connectivity index (χ3n) is 6.09. The summed E-state index contributed by atoms with van der Waals surface area (Å²) in [5.41, 5.74) is 2.28. The lowest BCUT2D eigenvalue weighted by Crippen LogP contribution is -2.22. The summed E-state index contributed by atoms with van der Waals surface area (Å²) >= 11 is 0. The number of hydrogen-bond donors (Lipinski definition) is 1. The first-order valence-electron chi connectivity index (χ1n) is 10.9. The van der Waals surface area contributed by atoms with E-state index >= 15 is 0 Å². The zero-order valence-corrected chi connectivity index (χ0v) is 17.8. The average molecular weight is 433 g/mol. The molecule has 0 radical (unpaired) electrons. The molecule has 1 heterocycles. The van der Waals surface area contributed by atoms with Crippen LogP contribution in [0.5, 0.6) is 0 Å². The number of carbonyl (C=O) groups excluding carboxylic acids is 1. The van der Waals surface area contributed by atoms with Crippen LogP contribution in [0, 0.1) is 17.6 Å². The van der Waals surface area contributed by atoms with Gasteiger partial charge in [0, 0.05) is 24.4 Å². The number of nitrogens with one attached hydrogen (secondary N) is 1. The number of benzene rings is 2. The highest BCUT2D eigenvalue weighted by atomic mass is 19.1. The molecular weight excluding hydrogens is 406 g/mol. The molecule has 0 saturated heterocycles. The molecule has 0 spiro atoms. The quantitative estimate of drug-likeness (QED) is 0.365. The Morgan fingerprint density at radius 3 is 2.38 bits per heavy atom. The number of unbranched alkanes of at least 4 members (excludes halogenated alkanes) is 1. The molecule has 32 heavy (non-hydrogen) atoms. The van der Waals surface area contributed by atoms with Crippen molar-refractivity contribution in [2.75, 3.05) is 6.54 Å². The number of nitrogens with zero attached hydrogens (tertiary/aromatic N) is 1. The van der Waals surface area contributed by atoms with Crippen LogP contribution in [0.2, 0.25) is 0 Å². The molecule has 1 aliphatic carbocycles. The second-order valence-corrected chi connectivity index (χ2v) is 8.27. The third-order valence-corrected chi connectivity index (χ3v) is 6.09. The minimum Gasteiger partial charge on any atom is -0.353 e. The van der Waals surface area contributed by atoms with Crippen LogP contribution in [-0.2, 0) is 16.6 Å². The van der Waals surface area contributed by atoms with Crippen molar-refractivity contribution in [2.24, 2.45) is 5.92 Å². The number of rotatable bonds is 9. The lowest BCUT2D eigenvalue weighted by molar-refractivity contribution is -0.116. The Morgan fingerprint density at radius 2 is 1.75 bits per heavy atom. The van der Waals surface area contributed by atoms with Crippen LogP contribution in [-0.4, -0.2) is 17.4 Å². The Morgan fingerprint density at radius 1 is 1.03 bits per heavy atom. The summed E-state index contributed by atoms with van der Waals surface area (Å²) in [5, 5.41) is 2.92. The van der Waals surface area contributed by atoms with Gasteiger partial charge in [-0.3, -0.25) is 9.78 Å². The summed E-state index contributed by atoms with van der Waals surface area (Å²) < 4.78 is 27.8. The SMILES string of the molecule is O=C(C=C[C@H]1CC1(c1cccc(F)c1)c1cccc(F)c1)NCCCCc1cccnc1. The molecule has 1 saturated carbocycles. The van der Waals surface area contributed by atoms with Gasteiger partial charge in [0.15, 0.2) is 0 Å². The van der Waals surface area contributed by atoms with Crippen LogP contribution in [0.15, 0.2) is 85.2 Å². The molecule has 1 amide bonds. The Hall–Kier alpha value is -3.34. The van der Waals surface area contributed by atoms with Gasteiger partial charge in [0.05, 0.1) is 0 Å². The number of halogens is 2. The van der Waals surface area contributed by atoms with Crippen molar-refractivity contribution in [1.29, 1.82) is 0 Å². The van der Waals surface area contributed by atoms with E-state index in [4.69, 9.17) is 0 Å². The molecule has 3 aromatic rings. The summed E-state index contributed by atoms with van der Waals surface area (Å²) in [5.74, 6) is -0.790. The summed E-state index contributed by atoms with van der Waals surface area (Å²) in [7, 11) is 0. The van der Waals surface area contributed by atoms with Gasteiger partial charge in [0.25, 0.3) is 0 Å². The number of aromatic nitrogens is 1. The van der Waals surface area contributed by atoms with E-state index in [1.54, 1.807) is 24.4 Å². The second kappa shape index (κ2) is 9.86. The van der Waals surface area contributed by atoms with E-state index in [2.05, 4.69) is 10.3 Å². The molecular formula is C27H26F2N2O. The van der Waals surface area contributed by atoms with E-state index in [1.165, 1.54) is 29.8 Å². The Balaban J connectivity index is 1.35. The minimum atomic E-state index is -0.509. The first kappa shape index (κ1) is 21.9. The molecule has 1 aliphatic rings. The number of aryl methyl sites for hydroxylation is 1. The summed E-state index contributed by atoms with van der Waals surface area (Å²) in [6.45, 7) is 0.604. The fraction of sp³-hybridized carbons (Fsp3) is 0.259. The Labute approximate surface area is 187 Å². The van der Waals surface area contributed by atoms with E-state index in [0.717, 1.165) is 30.4 Å². The molecule has 2 aromatic carbocycles. The Kier molecular flexibility index (Phi) is 6.74. The maximum atomic E-state index is 13.9. The number of amides is 1. The topological polar surface area (TPSA) is 42.0 Å². The minimum absolute atomic E-state index is 0.00225. The summed E-state index contributed by atoms with van der Waals surface area (Å²) in [6.07, 6.45) is 10.5. The normalized spacial score (nSPS) is 16.8. The molecule has 3 nitrogen and oxygen atoms in total. The maximum Gasteiger partial charge on any atom is 0.243 e. The molecule has 1 atom stereocenters. The zero-order chi connectivity index (χ0) is 22.4. The predicted molar refractivity (Wildman–Crippen MR) is 121 cm³/mol. The molecule has 0 bridgehead atoms. The average Bonchev–Trinajstić information content (AvgIpc) is 3.54. The smallest absolute Gasteiger partial charge is 0.243 e. The van der Waals surface area contributed by atoms with Gasteiger partial charge in [-0.15, -0.1) is 0 Å². The second-order valence-electron chi connectivity index (χ2n) is 8.27. The van der Waals surface area contributed by atoms with E-state index in [1.807, 2.05) is 36.5 Å². The third kappa shape index (κ3) is 5.10. The van der Waals surface area contributed by atoms with Crippen LogP contribution in [0.25, 0.3) is 0 Å². The molecule has 1 fully saturated rings. The van der Waals surface area contributed by atoms with Crippen LogP contribution >= 0.6 is 0 Å². The largest absolute Gasteiger partial charge is 0.353 e. The summed E-state index contributed by atoms with van der Waals surface area (Å²) in [4.78, 5) is 16.4. The zero-order valence-electron chi connectivity index (χ0n) is 17.8. The van der Waals surface area contributed by atoms with Crippen LogP contribution < -0.4 is 5.32 Å². The van der Waals surface area contributed by atoms with Gasteiger partial charge in [0.2, 0.25) is 5.91 Å². The number of allylic oxidation sites excluding steroid dienone is 1. The lowest BCUT2D eigenvalue weighted by atomic mass is 9.85. The molecule has 4 rings (SSSR count). The molecule has 0 aliphatic heterocycles. The molecule has 1 N–H and O–H groups in total. The van der Waals surface area contributed by atoms with Gasteiger partial charge >= 0.3 is 0 Å². The molecule has 164 valence electrons. The van der Waals surface area contributed by atoms with Crippen LogP contribution in [0.1, 0.15) is 36.0 Å². The highest BCUT2D eigenvalue weighted by Crippen LogP contribution is 2.59. The van der Waals surface area contributed by atoms with E-state index in [9.17, 15) is 13.6 Å². The molecule has 0 unspecified atom stereocenters. The van der Waals surface area contributed by atoms with Gasteiger partial charge in [-0.1, -0.05) is 36.4 Å². The van der Waals surface area contributed by atoms with E-state index in [0.29, 0.717) is 13.0 Å². The highest BCUT2D eigenvalue weighted by molar-refractivity contribution is 5.87. The van der Waals surface area contributed by atoms with Crippen molar-refractivity contribution in [3.05, 3.63) is 114 Å². The van der Waals surface area contributed by atoms with Crippen molar-refractivity contribution >= 4 is 5.91 Å². The van der Waals surface area contributed by atoms with Crippen molar-refractivity contribution in [1.82, 2.24) is 10.3 Å². The fourth-order valence-corrected chi connectivity index (χ4v) is 4.36. The molecule has 5 heteroatoms. The van der Waals surface area contributed by atoms with Crippen molar-refractivity contribution in [2.45, 2.75) is 31.1 Å². The van der Waals surface area contributed by atoms with Gasteiger partial charge in [-0.05, 0) is 84.7 Å². The first-order valence-corrected chi connectivity index (χ1v) is 10.9. The van der Waals surface area contributed by atoms with Crippen molar-refractivity contribution in [3.8, 4) is 0 Å². The fourth-order valence-electron chi connectivity index (χ4n) is 4.36. The van der Waals surface area contributed by atoms with Gasteiger partial charge in [-0.2, -0.15) is 0 Å². The monoisotopic (exact) mass is 432 g/mol. The van der Waals surface area contributed by atoms with Gasteiger partial charge in [0.1, 0.15) is 11.6 Å². The lowest BCUT2D eigenvalue weighted by Gasteiger charge is -2.18. The number of pyridine rings is 1. The number of hydrogen-bond acceptors (Lipinski definition) is 2. The van der Waals surface area contributed by atoms with Gasteiger partial charge < -0.3 is 5.32 Å². The highest BCUT2D eigenvalue weighted by Gasteiger charge is 2.55. The van der Waals surface area contributed by atoms with Crippen molar-refractivity contribution < 1.29 is 13.6 Å². The summed E-state index contributed by atoms with van der Waals surface area (Å²) in [6, 6.07) is 16.8.